The molecule has 2 aromatic rings. The number of carboxylic acids is 1. The van der Waals surface area contributed by atoms with E-state index in [-0.39, 0.29) is 6.42 Å². The Bertz CT molecular complexity index is 573. The normalized spacial score (nSPS) is 10.4. The van der Waals surface area contributed by atoms with E-state index in [4.69, 9.17) is 9.84 Å². The standard InChI is InChI=1S/C14H16N2O3/c1-3-19-11-6-4-10(5-7-11)14-15-9(2)12(16-14)8-13(17)18/h4-7H,3,8H2,1-2H3,(H,15,16)(H,17,18). The summed E-state index contributed by atoms with van der Waals surface area (Å²) < 4.78 is 5.37. The van der Waals surface area contributed by atoms with Gasteiger partial charge in [-0.2, -0.15) is 0 Å². The summed E-state index contributed by atoms with van der Waals surface area (Å²) in [4.78, 5) is 18.1. The number of ether oxygens (including phenoxy) is 1. The number of rotatable bonds is 5. The number of hydrogen-bond acceptors (Lipinski definition) is 3. The summed E-state index contributed by atoms with van der Waals surface area (Å²) in [5, 5.41) is 8.80. The number of imidazole rings is 1. The first kappa shape index (κ1) is 13.1. The van der Waals surface area contributed by atoms with Crippen LogP contribution in [0, 0.1) is 6.92 Å². The molecule has 0 unspecified atom stereocenters. The molecule has 1 aromatic heterocycles. The van der Waals surface area contributed by atoms with Gasteiger partial charge >= 0.3 is 5.97 Å². The highest BCUT2D eigenvalue weighted by atomic mass is 16.5. The van der Waals surface area contributed by atoms with E-state index < -0.39 is 5.97 Å². The minimum Gasteiger partial charge on any atom is -0.494 e. The van der Waals surface area contributed by atoms with E-state index in [1.165, 1.54) is 0 Å². The van der Waals surface area contributed by atoms with Crippen molar-refractivity contribution >= 4 is 5.97 Å². The third-order valence-corrected chi connectivity index (χ3v) is 2.74. The zero-order chi connectivity index (χ0) is 13.8. The van der Waals surface area contributed by atoms with Crippen LogP contribution in [0.2, 0.25) is 0 Å². The van der Waals surface area contributed by atoms with Crippen molar-refractivity contribution in [3.63, 3.8) is 0 Å². The Hall–Kier alpha value is -2.30. The minimum absolute atomic E-state index is 0.0701. The molecular weight excluding hydrogens is 244 g/mol. The van der Waals surface area contributed by atoms with Crippen LogP contribution in [-0.2, 0) is 11.2 Å². The molecule has 0 amide bonds. The van der Waals surface area contributed by atoms with Gasteiger partial charge in [-0.3, -0.25) is 4.79 Å². The summed E-state index contributed by atoms with van der Waals surface area (Å²) in [6.07, 6.45) is -0.0701. The van der Waals surface area contributed by atoms with Crippen molar-refractivity contribution in [1.29, 1.82) is 0 Å². The van der Waals surface area contributed by atoms with Crippen LogP contribution in [0.1, 0.15) is 18.3 Å². The zero-order valence-electron chi connectivity index (χ0n) is 10.9. The third kappa shape index (κ3) is 3.13. The SMILES string of the molecule is CCOc1ccc(-c2nc(CC(=O)O)c(C)[nH]2)cc1. The van der Waals surface area contributed by atoms with Crippen molar-refractivity contribution in [2.45, 2.75) is 20.3 Å². The fourth-order valence-corrected chi connectivity index (χ4v) is 1.82. The molecule has 5 heteroatoms. The predicted molar refractivity (Wildman–Crippen MR) is 71.3 cm³/mol. The van der Waals surface area contributed by atoms with Crippen LogP contribution in [0.25, 0.3) is 11.4 Å². The van der Waals surface area contributed by atoms with Gasteiger partial charge in [0.15, 0.2) is 0 Å². The predicted octanol–water partition coefficient (Wildman–Crippen LogP) is 2.41. The summed E-state index contributed by atoms with van der Waals surface area (Å²) in [6, 6.07) is 7.53. The molecule has 0 bridgehead atoms. The maximum Gasteiger partial charge on any atom is 0.309 e. The minimum atomic E-state index is -0.882. The molecule has 0 fully saturated rings. The van der Waals surface area contributed by atoms with Crippen LogP contribution in [0.15, 0.2) is 24.3 Å². The fourth-order valence-electron chi connectivity index (χ4n) is 1.82. The van der Waals surface area contributed by atoms with Crippen molar-refractivity contribution in [2.75, 3.05) is 6.61 Å². The largest absolute Gasteiger partial charge is 0.494 e. The van der Waals surface area contributed by atoms with Gasteiger partial charge in [0, 0.05) is 11.3 Å². The quantitative estimate of drug-likeness (QED) is 0.865. The average Bonchev–Trinajstić information content (AvgIpc) is 2.71. The number of aryl methyl sites for hydroxylation is 1. The number of carbonyl (C=O) groups is 1. The smallest absolute Gasteiger partial charge is 0.309 e. The highest BCUT2D eigenvalue weighted by Crippen LogP contribution is 2.21. The molecule has 0 aliphatic rings. The number of nitrogens with one attached hydrogen (secondary N) is 1. The molecule has 2 N–H and O–H groups in total. The van der Waals surface area contributed by atoms with Crippen molar-refractivity contribution in [3.05, 3.63) is 35.7 Å². The molecule has 0 aliphatic carbocycles. The lowest BCUT2D eigenvalue weighted by molar-refractivity contribution is -0.136. The van der Waals surface area contributed by atoms with Crippen LogP contribution in [0.4, 0.5) is 0 Å². The summed E-state index contributed by atoms with van der Waals surface area (Å²) in [5.41, 5.74) is 2.26. The molecule has 2 rings (SSSR count). The number of carboxylic acid groups (broad SMARTS) is 1. The van der Waals surface area contributed by atoms with Gasteiger partial charge < -0.3 is 14.8 Å². The second-order valence-electron chi connectivity index (χ2n) is 4.19. The van der Waals surface area contributed by atoms with E-state index in [9.17, 15) is 4.79 Å². The van der Waals surface area contributed by atoms with Crippen LogP contribution in [0.5, 0.6) is 5.75 Å². The fraction of sp³-hybridized carbons (Fsp3) is 0.286. The second-order valence-corrected chi connectivity index (χ2v) is 4.19. The lowest BCUT2D eigenvalue weighted by Crippen LogP contribution is -2.01. The number of nitrogens with zero attached hydrogens (tertiary/aromatic N) is 1. The van der Waals surface area contributed by atoms with E-state index in [2.05, 4.69) is 9.97 Å². The summed E-state index contributed by atoms with van der Waals surface area (Å²) in [7, 11) is 0. The molecule has 19 heavy (non-hydrogen) atoms. The molecule has 0 radical (unpaired) electrons. The Labute approximate surface area is 111 Å². The van der Waals surface area contributed by atoms with Gasteiger partial charge in [0.05, 0.1) is 18.7 Å². The summed E-state index contributed by atoms with van der Waals surface area (Å²) in [5.74, 6) is 0.602. The van der Waals surface area contributed by atoms with Crippen molar-refractivity contribution in [1.82, 2.24) is 9.97 Å². The Balaban J connectivity index is 2.24. The first-order chi connectivity index (χ1) is 9.10. The Morgan fingerprint density at radius 1 is 1.37 bits per heavy atom. The van der Waals surface area contributed by atoms with Gasteiger partial charge in [0.25, 0.3) is 0 Å². The number of hydrogen-bond donors (Lipinski definition) is 2. The number of aromatic amines is 1. The average molecular weight is 260 g/mol. The molecular formula is C14H16N2O3. The number of benzene rings is 1. The number of aromatic nitrogens is 2. The molecule has 0 spiro atoms. The third-order valence-electron chi connectivity index (χ3n) is 2.74. The van der Waals surface area contributed by atoms with Crippen molar-refractivity contribution < 1.29 is 14.6 Å². The highest BCUT2D eigenvalue weighted by Gasteiger charge is 2.11. The molecule has 100 valence electrons. The topological polar surface area (TPSA) is 75.2 Å². The van der Waals surface area contributed by atoms with Gasteiger partial charge in [0.2, 0.25) is 0 Å². The van der Waals surface area contributed by atoms with Crippen LogP contribution in [0.3, 0.4) is 0 Å². The van der Waals surface area contributed by atoms with E-state index in [1.807, 2.05) is 38.1 Å². The van der Waals surface area contributed by atoms with Gasteiger partial charge in [-0.25, -0.2) is 4.98 Å². The lowest BCUT2D eigenvalue weighted by atomic mass is 10.2. The van der Waals surface area contributed by atoms with Crippen LogP contribution in [-0.4, -0.2) is 27.7 Å². The van der Waals surface area contributed by atoms with Crippen LogP contribution >= 0.6 is 0 Å². The molecule has 0 aliphatic heterocycles. The monoisotopic (exact) mass is 260 g/mol. The summed E-state index contributed by atoms with van der Waals surface area (Å²) >= 11 is 0. The first-order valence-corrected chi connectivity index (χ1v) is 6.10. The Morgan fingerprint density at radius 3 is 2.63 bits per heavy atom. The van der Waals surface area contributed by atoms with Gasteiger partial charge in [-0.05, 0) is 38.1 Å². The number of aliphatic carboxylic acids is 1. The number of H-pyrrole nitrogens is 1. The lowest BCUT2D eigenvalue weighted by Gasteiger charge is -2.03. The van der Waals surface area contributed by atoms with E-state index in [1.54, 1.807) is 0 Å². The maximum absolute atomic E-state index is 10.7. The van der Waals surface area contributed by atoms with Crippen molar-refractivity contribution in [3.8, 4) is 17.1 Å². The van der Waals surface area contributed by atoms with Crippen LogP contribution < -0.4 is 4.74 Å². The maximum atomic E-state index is 10.7. The van der Waals surface area contributed by atoms with Gasteiger partial charge in [0.1, 0.15) is 11.6 Å². The van der Waals surface area contributed by atoms with E-state index >= 15 is 0 Å². The van der Waals surface area contributed by atoms with E-state index in [0.29, 0.717) is 18.1 Å². The second kappa shape index (κ2) is 5.56. The van der Waals surface area contributed by atoms with E-state index in [0.717, 1.165) is 17.0 Å². The first-order valence-electron chi connectivity index (χ1n) is 6.10. The summed E-state index contributed by atoms with van der Waals surface area (Å²) in [6.45, 7) is 4.38. The molecule has 1 heterocycles. The highest BCUT2D eigenvalue weighted by molar-refractivity contribution is 5.70. The zero-order valence-corrected chi connectivity index (χ0v) is 10.9. The molecule has 0 saturated carbocycles. The van der Waals surface area contributed by atoms with Gasteiger partial charge in [-0.15, -0.1) is 0 Å². The van der Waals surface area contributed by atoms with Gasteiger partial charge in [-0.1, -0.05) is 0 Å². The molecule has 0 saturated heterocycles. The molecule has 1 aromatic carbocycles. The Kier molecular flexibility index (Phi) is 3.85. The Morgan fingerprint density at radius 2 is 2.05 bits per heavy atom. The van der Waals surface area contributed by atoms with Crippen molar-refractivity contribution in [2.24, 2.45) is 0 Å². The molecule has 5 nitrogen and oxygen atoms in total. The molecule has 0 atom stereocenters.